The zero-order valence-electron chi connectivity index (χ0n) is 11.3. The minimum atomic E-state index is -3.21. The Morgan fingerprint density at radius 3 is 2.45 bits per heavy atom. The molecule has 1 aromatic carbocycles. The van der Waals surface area contributed by atoms with Crippen LogP contribution in [0.5, 0.6) is 0 Å². The molecule has 112 valence electrons. The van der Waals surface area contributed by atoms with Crippen LogP contribution in [0.15, 0.2) is 29.2 Å². The topological polar surface area (TPSA) is 75.3 Å². The summed E-state index contributed by atoms with van der Waals surface area (Å²) in [5.41, 5.74) is 0.484. The number of hydrogen-bond acceptors (Lipinski definition) is 4. The number of halogens is 1. The van der Waals surface area contributed by atoms with Crippen LogP contribution in [0, 0.1) is 0 Å². The maximum Gasteiger partial charge on any atom is 0.251 e. The predicted molar refractivity (Wildman–Crippen MR) is 80.2 cm³/mol. The Morgan fingerprint density at radius 1 is 1.30 bits per heavy atom. The smallest absolute Gasteiger partial charge is 0.251 e. The second kappa shape index (κ2) is 7.06. The van der Waals surface area contributed by atoms with Gasteiger partial charge < -0.3 is 10.6 Å². The lowest BCUT2D eigenvalue weighted by Crippen LogP contribution is -2.45. The highest BCUT2D eigenvalue weighted by Gasteiger charge is 2.16. The van der Waals surface area contributed by atoms with Crippen molar-refractivity contribution < 1.29 is 13.2 Å². The van der Waals surface area contributed by atoms with E-state index in [4.69, 9.17) is 0 Å². The first-order valence-electron chi connectivity index (χ1n) is 6.28. The van der Waals surface area contributed by atoms with Crippen molar-refractivity contribution in [2.45, 2.75) is 23.8 Å². The first-order chi connectivity index (χ1) is 8.97. The van der Waals surface area contributed by atoms with Gasteiger partial charge in [0.15, 0.2) is 9.84 Å². The van der Waals surface area contributed by atoms with Crippen molar-refractivity contribution >= 4 is 28.2 Å². The van der Waals surface area contributed by atoms with Gasteiger partial charge in [-0.3, -0.25) is 4.79 Å². The third kappa shape index (κ3) is 4.47. The van der Waals surface area contributed by atoms with Crippen molar-refractivity contribution in [1.29, 1.82) is 0 Å². The van der Waals surface area contributed by atoms with E-state index in [0.29, 0.717) is 5.56 Å². The largest absolute Gasteiger partial charge is 0.348 e. The van der Waals surface area contributed by atoms with Crippen LogP contribution in [0.25, 0.3) is 0 Å². The Kier molecular flexibility index (Phi) is 5.98. The zero-order chi connectivity index (χ0) is 13.9. The molecule has 7 heteroatoms. The fraction of sp³-hybridized carbons (Fsp3) is 0.462. The van der Waals surface area contributed by atoms with Crippen molar-refractivity contribution in [3.8, 4) is 0 Å². The Balaban J connectivity index is 0.00000200. The molecule has 1 fully saturated rings. The van der Waals surface area contributed by atoms with Gasteiger partial charge in [-0.25, -0.2) is 8.42 Å². The molecule has 0 spiro atoms. The molecule has 1 aliphatic heterocycles. The molecule has 1 saturated heterocycles. The maximum absolute atomic E-state index is 12.0. The van der Waals surface area contributed by atoms with Crippen LogP contribution in [0.4, 0.5) is 0 Å². The van der Waals surface area contributed by atoms with Gasteiger partial charge in [0.1, 0.15) is 0 Å². The van der Waals surface area contributed by atoms with Gasteiger partial charge in [-0.1, -0.05) is 0 Å². The van der Waals surface area contributed by atoms with Crippen LogP contribution in [0.3, 0.4) is 0 Å². The summed E-state index contributed by atoms with van der Waals surface area (Å²) in [7, 11) is -3.21. The van der Waals surface area contributed by atoms with Crippen molar-refractivity contribution in [3.05, 3.63) is 29.8 Å². The molecular weight excluding hydrogens is 300 g/mol. The van der Waals surface area contributed by atoms with E-state index in [1.807, 2.05) is 0 Å². The molecule has 0 saturated carbocycles. The Hall–Kier alpha value is -1.11. The lowest BCUT2D eigenvalue weighted by Gasteiger charge is -2.23. The summed E-state index contributed by atoms with van der Waals surface area (Å²) >= 11 is 0. The lowest BCUT2D eigenvalue weighted by molar-refractivity contribution is 0.0930. The molecule has 0 bridgehead atoms. The Bertz CT molecular complexity index is 551. The second-order valence-electron chi connectivity index (χ2n) is 4.81. The average Bonchev–Trinajstić information content (AvgIpc) is 2.39. The number of nitrogens with one attached hydrogen (secondary N) is 2. The van der Waals surface area contributed by atoms with Crippen molar-refractivity contribution in [1.82, 2.24) is 10.6 Å². The monoisotopic (exact) mass is 318 g/mol. The molecule has 5 nitrogen and oxygen atoms in total. The fourth-order valence-corrected chi connectivity index (χ4v) is 2.73. The summed E-state index contributed by atoms with van der Waals surface area (Å²) < 4.78 is 22.6. The van der Waals surface area contributed by atoms with E-state index in [1.165, 1.54) is 12.1 Å². The van der Waals surface area contributed by atoms with Gasteiger partial charge in [0.05, 0.1) is 4.90 Å². The van der Waals surface area contributed by atoms with E-state index in [-0.39, 0.29) is 29.3 Å². The molecule has 0 unspecified atom stereocenters. The van der Waals surface area contributed by atoms with E-state index < -0.39 is 9.84 Å². The highest BCUT2D eigenvalue weighted by atomic mass is 35.5. The molecule has 1 aromatic rings. The van der Waals surface area contributed by atoms with Gasteiger partial charge in [-0.05, 0) is 43.7 Å². The molecule has 1 amide bonds. The van der Waals surface area contributed by atoms with Crippen molar-refractivity contribution in [2.75, 3.05) is 19.3 Å². The molecule has 0 radical (unpaired) electrons. The van der Waals surface area contributed by atoms with Crippen molar-refractivity contribution in [3.63, 3.8) is 0 Å². The summed E-state index contributed by atoms with van der Waals surface area (Å²) in [6.07, 6.45) is 3.17. The summed E-state index contributed by atoms with van der Waals surface area (Å²) in [5, 5.41) is 6.17. The van der Waals surface area contributed by atoms with E-state index >= 15 is 0 Å². The van der Waals surface area contributed by atoms with Gasteiger partial charge >= 0.3 is 0 Å². The number of amides is 1. The third-order valence-corrected chi connectivity index (χ3v) is 4.31. The molecule has 1 aliphatic rings. The minimum Gasteiger partial charge on any atom is -0.348 e. The average molecular weight is 319 g/mol. The maximum atomic E-state index is 12.0. The van der Waals surface area contributed by atoms with Gasteiger partial charge in [0, 0.05) is 24.4 Å². The standard InChI is InChI=1S/C13H18N2O3S.ClH/c1-19(17,18)12-6-4-10(5-7-12)13(16)15-11-3-2-8-14-9-11;/h4-7,11,14H,2-3,8-9H2,1H3,(H,15,16);1H/t11-;/m1./s1. The molecule has 0 aromatic heterocycles. The highest BCUT2D eigenvalue weighted by molar-refractivity contribution is 7.90. The molecule has 2 rings (SSSR count). The fourth-order valence-electron chi connectivity index (χ4n) is 2.10. The van der Waals surface area contributed by atoms with E-state index in [1.54, 1.807) is 12.1 Å². The first-order valence-corrected chi connectivity index (χ1v) is 8.17. The van der Waals surface area contributed by atoms with Crippen LogP contribution in [-0.4, -0.2) is 39.7 Å². The predicted octanol–water partition coefficient (Wildman–Crippen LogP) is 0.994. The summed E-state index contributed by atoms with van der Waals surface area (Å²) in [6, 6.07) is 6.16. The van der Waals surface area contributed by atoms with E-state index in [9.17, 15) is 13.2 Å². The molecule has 1 atom stereocenters. The van der Waals surface area contributed by atoms with Gasteiger partial charge in [0.2, 0.25) is 0 Å². The van der Waals surface area contributed by atoms with Crippen LogP contribution >= 0.6 is 12.4 Å². The molecule has 20 heavy (non-hydrogen) atoms. The summed E-state index contributed by atoms with van der Waals surface area (Å²) in [4.78, 5) is 12.2. The second-order valence-corrected chi connectivity index (χ2v) is 6.83. The van der Waals surface area contributed by atoms with E-state index in [2.05, 4.69) is 10.6 Å². The van der Waals surface area contributed by atoms with Crippen molar-refractivity contribution in [2.24, 2.45) is 0 Å². The quantitative estimate of drug-likeness (QED) is 0.871. The van der Waals surface area contributed by atoms with Crippen LogP contribution in [0.2, 0.25) is 0 Å². The Labute approximate surface area is 125 Å². The number of sulfone groups is 1. The zero-order valence-corrected chi connectivity index (χ0v) is 12.9. The number of carbonyl (C=O) groups excluding carboxylic acids is 1. The van der Waals surface area contributed by atoms with Gasteiger partial charge in [-0.15, -0.1) is 12.4 Å². The number of piperidine rings is 1. The van der Waals surface area contributed by atoms with E-state index in [0.717, 1.165) is 32.2 Å². The number of benzene rings is 1. The van der Waals surface area contributed by atoms with Crippen LogP contribution in [-0.2, 0) is 9.84 Å². The molecule has 0 aliphatic carbocycles. The first kappa shape index (κ1) is 16.9. The number of carbonyl (C=O) groups is 1. The normalized spacial score (nSPS) is 18.9. The molecule has 1 heterocycles. The number of hydrogen-bond donors (Lipinski definition) is 2. The Morgan fingerprint density at radius 2 is 1.95 bits per heavy atom. The van der Waals surface area contributed by atoms with Gasteiger partial charge in [-0.2, -0.15) is 0 Å². The minimum absolute atomic E-state index is 0. The molecule has 2 N–H and O–H groups in total. The van der Waals surface area contributed by atoms with Crippen LogP contribution < -0.4 is 10.6 Å². The number of rotatable bonds is 3. The lowest BCUT2D eigenvalue weighted by atomic mass is 10.1. The molecular formula is C13H19ClN2O3S. The van der Waals surface area contributed by atoms with Crippen LogP contribution in [0.1, 0.15) is 23.2 Å². The summed E-state index contributed by atoms with van der Waals surface area (Å²) in [5.74, 6) is -0.159. The highest BCUT2D eigenvalue weighted by Crippen LogP contribution is 2.11. The SMILES string of the molecule is CS(=O)(=O)c1ccc(C(=O)N[C@@H]2CCCNC2)cc1.Cl. The van der Waals surface area contributed by atoms with Gasteiger partial charge in [0.25, 0.3) is 5.91 Å². The summed E-state index contributed by atoms with van der Waals surface area (Å²) in [6.45, 7) is 1.78. The third-order valence-electron chi connectivity index (χ3n) is 3.18.